The lowest BCUT2D eigenvalue weighted by Gasteiger charge is -2.02. The number of H-pyrrole nitrogens is 1. The topological polar surface area (TPSA) is 68.6 Å². The highest BCUT2D eigenvalue weighted by Crippen LogP contribution is 2.24. The van der Waals surface area contributed by atoms with Gasteiger partial charge in [0.05, 0.1) is 24.5 Å². The van der Waals surface area contributed by atoms with E-state index in [1.54, 1.807) is 0 Å². The molecule has 1 aliphatic heterocycles. The van der Waals surface area contributed by atoms with Crippen molar-refractivity contribution in [2.45, 2.75) is 51.0 Å². The number of fused-ring (bicyclic) bond motifs is 1. The number of rotatable bonds is 3. The Bertz CT molecular complexity index is 611. The first-order valence-corrected chi connectivity index (χ1v) is 7.93. The van der Waals surface area contributed by atoms with Gasteiger partial charge in [0.1, 0.15) is 0 Å². The molecular weight excluding hydrogens is 266 g/mol. The van der Waals surface area contributed by atoms with E-state index in [4.69, 9.17) is 4.74 Å². The van der Waals surface area contributed by atoms with Crippen LogP contribution in [0.1, 0.15) is 54.2 Å². The van der Waals surface area contributed by atoms with Crippen molar-refractivity contribution in [1.29, 1.82) is 0 Å². The van der Waals surface area contributed by atoms with Crippen molar-refractivity contribution >= 4 is 0 Å². The van der Waals surface area contributed by atoms with Crippen molar-refractivity contribution in [3.63, 3.8) is 0 Å². The molecule has 1 atom stereocenters. The lowest BCUT2D eigenvalue weighted by molar-refractivity contribution is 0.193. The monoisotopic (exact) mass is 287 g/mol. The van der Waals surface area contributed by atoms with E-state index in [2.05, 4.69) is 26.7 Å². The van der Waals surface area contributed by atoms with Gasteiger partial charge in [-0.25, -0.2) is 4.68 Å². The summed E-state index contributed by atoms with van der Waals surface area (Å²) in [4.78, 5) is 0. The van der Waals surface area contributed by atoms with Crippen LogP contribution >= 0.6 is 0 Å². The first-order valence-electron chi connectivity index (χ1n) is 7.93. The van der Waals surface area contributed by atoms with Crippen LogP contribution < -0.4 is 0 Å². The molecule has 1 aliphatic carbocycles. The number of ether oxygens (including phenoxy) is 1. The van der Waals surface area contributed by atoms with Crippen LogP contribution in [-0.2, 0) is 24.1 Å². The molecule has 0 amide bonds. The molecule has 0 spiro atoms. The van der Waals surface area contributed by atoms with Crippen LogP contribution in [0.4, 0.5) is 0 Å². The zero-order chi connectivity index (χ0) is 14.1. The van der Waals surface area contributed by atoms with E-state index in [0.29, 0.717) is 12.5 Å². The molecule has 21 heavy (non-hydrogen) atoms. The summed E-state index contributed by atoms with van der Waals surface area (Å²) >= 11 is 0. The van der Waals surface area contributed by atoms with E-state index in [1.807, 2.05) is 4.68 Å². The predicted octanol–water partition coefficient (Wildman–Crippen LogP) is 1.82. The molecule has 112 valence electrons. The molecule has 4 rings (SSSR count). The molecule has 2 aromatic rings. The van der Waals surface area contributed by atoms with Gasteiger partial charge >= 0.3 is 0 Å². The van der Waals surface area contributed by atoms with E-state index in [9.17, 15) is 0 Å². The number of hydrogen-bond donors (Lipinski definition) is 1. The maximum Gasteiger partial charge on any atom is 0.0881 e. The van der Waals surface area contributed by atoms with E-state index in [0.717, 1.165) is 43.9 Å². The summed E-state index contributed by atoms with van der Waals surface area (Å²) in [5.41, 5.74) is 4.92. The molecule has 1 fully saturated rings. The third kappa shape index (κ3) is 2.60. The Morgan fingerprint density at radius 2 is 2.24 bits per heavy atom. The van der Waals surface area contributed by atoms with Gasteiger partial charge in [-0.2, -0.15) is 5.10 Å². The first kappa shape index (κ1) is 13.0. The maximum atomic E-state index is 5.42. The Labute approximate surface area is 123 Å². The van der Waals surface area contributed by atoms with Gasteiger partial charge in [-0.1, -0.05) is 11.6 Å². The van der Waals surface area contributed by atoms with Gasteiger partial charge in [-0.05, 0) is 37.7 Å². The van der Waals surface area contributed by atoms with Gasteiger partial charge in [-0.15, -0.1) is 5.10 Å². The van der Waals surface area contributed by atoms with Crippen molar-refractivity contribution in [2.24, 2.45) is 0 Å². The zero-order valence-corrected chi connectivity index (χ0v) is 12.2. The van der Waals surface area contributed by atoms with Gasteiger partial charge in [0.2, 0.25) is 0 Å². The lowest BCUT2D eigenvalue weighted by Crippen LogP contribution is -2.04. The molecule has 1 saturated heterocycles. The Hall–Kier alpha value is -1.69. The first-order chi connectivity index (χ1) is 10.4. The Balaban J connectivity index is 1.52. The zero-order valence-electron chi connectivity index (χ0n) is 12.2. The van der Waals surface area contributed by atoms with Crippen LogP contribution in [0.3, 0.4) is 0 Å². The summed E-state index contributed by atoms with van der Waals surface area (Å²) in [5, 5.41) is 16.3. The molecule has 0 saturated carbocycles. The van der Waals surface area contributed by atoms with Crippen LogP contribution in [-0.4, -0.2) is 38.4 Å². The van der Waals surface area contributed by atoms with Crippen molar-refractivity contribution in [2.75, 3.05) is 13.2 Å². The molecule has 1 N–H and O–H groups in total. The van der Waals surface area contributed by atoms with Gasteiger partial charge in [0.25, 0.3) is 0 Å². The summed E-state index contributed by atoms with van der Waals surface area (Å²) in [6, 6.07) is 0. The average molecular weight is 287 g/mol. The highest BCUT2D eigenvalue weighted by molar-refractivity contribution is 5.27. The second-order valence-corrected chi connectivity index (χ2v) is 6.09. The SMILES string of the molecule is c1c(C2CCOC2)nnn1Cc1n[nH]c2c1CCCCC2. The number of aryl methyl sites for hydroxylation is 1. The molecular formula is C15H21N5O. The van der Waals surface area contributed by atoms with E-state index in [1.165, 1.54) is 30.5 Å². The van der Waals surface area contributed by atoms with Gasteiger partial charge < -0.3 is 4.74 Å². The highest BCUT2D eigenvalue weighted by atomic mass is 16.5. The second kappa shape index (κ2) is 5.60. The van der Waals surface area contributed by atoms with Gasteiger partial charge in [0.15, 0.2) is 0 Å². The number of aromatic nitrogens is 5. The third-order valence-electron chi connectivity index (χ3n) is 4.61. The van der Waals surface area contributed by atoms with Gasteiger partial charge in [-0.3, -0.25) is 5.10 Å². The fraction of sp³-hybridized carbons (Fsp3) is 0.667. The molecule has 0 radical (unpaired) electrons. The van der Waals surface area contributed by atoms with Crippen LogP contribution in [0, 0.1) is 0 Å². The standard InChI is InChI=1S/C15H21N5O/c1-2-4-12-13(5-3-1)16-17-15(12)9-20-8-14(18-19-20)11-6-7-21-10-11/h8,11H,1-7,9-10H2,(H,16,17). The fourth-order valence-corrected chi connectivity index (χ4v) is 3.36. The summed E-state index contributed by atoms with van der Waals surface area (Å²) in [6.45, 7) is 2.33. The Kier molecular flexibility index (Phi) is 3.47. The minimum Gasteiger partial charge on any atom is -0.381 e. The second-order valence-electron chi connectivity index (χ2n) is 6.09. The van der Waals surface area contributed by atoms with Crippen LogP contribution in [0.5, 0.6) is 0 Å². The van der Waals surface area contributed by atoms with Crippen LogP contribution in [0.2, 0.25) is 0 Å². The van der Waals surface area contributed by atoms with Crippen LogP contribution in [0.25, 0.3) is 0 Å². The smallest absolute Gasteiger partial charge is 0.0881 e. The van der Waals surface area contributed by atoms with Crippen LogP contribution in [0.15, 0.2) is 6.20 Å². The summed E-state index contributed by atoms with van der Waals surface area (Å²) < 4.78 is 7.33. The summed E-state index contributed by atoms with van der Waals surface area (Å²) in [6.07, 6.45) is 9.22. The molecule has 2 aromatic heterocycles. The maximum absolute atomic E-state index is 5.42. The summed E-state index contributed by atoms with van der Waals surface area (Å²) in [5.74, 6) is 0.412. The van der Waals surface area contributed by atoms with Crippen molar-refractivity contribution < 1.29 is 4.74 Å². The predicted molar refractivity (Wildman–Crippen MR) is 77.1 cm³/mol. The van der Waals surface area contributed by atoms with Gasteiger partial charge in [0, 0.05) is 24.4 Å². The third-order valence-corrected chi connectivity index (χ3v) is 4.61. The largest absolute Gasteiger partial charge is 0.381 e. The molecule has 3 heterocycles. The highest BCUT2D eigenvalue weighted by Gasteiger charge is 2.21. The molecule has 2 aliphatic rings. The lowest BCUT2D eigenvalue weighted by atomic mass is 10.1. The van der Waals surface area contributed by atoms with Crippen molar-refractivity contribution in [3.05, 3.63) is 28.8 Å². The average Bonchev–Trinajstić information content (AvgIpc) is 3.19. The number of nitrogens with one attached hydrogen (secondary N) is 1. The molecule has 0 aromatic carbocycles. The number of nitrogens with zero attached hydrogens (tertiary/aromatic N) is 4. The quantitative estimate of drug-likeness (QED) is 0.874. The van der Waals surface area contributed by atoms with Crippen molar-refractivity contribution in [1.82, 2.24) is 25.2 Å². The van der Waals surface area contributed by atoms with E-state index < -0.39 is 0 Å². The molecule has 1 unspecified atom stereocenters. The minimum atomic E-state index is 0.412. The Morgan fingerprint density at radius 1 is 1.29 bits per heavy atom. The fourth-order valence-electron chi connectivity index (χ4n) is 3.36. The molecule has 0 bridgehead atoms. The normalized spacial score (nSPS) is 22.2. The van der Waals surface area contributed by atoms with Crippen molar-refractivity contribution in [3.8, 4) is 0 Å². The molecule has 6 nitrogen and oxygen atoms in total. The Morgan fingerprint density at radius 3 is 3.14 bits per heavy atom. The minimum absolute atomic E-state index is 0.412. The molecule has 6 heteroatoms. The summed E-state index contributed by atoms with van der Waals surface area (Å²) in [7, 11) is 0. The number of aromatic amines is 1. The van der Waals surface area contributed by atoms with E-state index in [-0.39, 0.29) is 0 Å². The number of hydrogen-bond acceptors (Lipinski definition) is 4. The van der Waals surface area contributed by atoms with E-state index >= 15 is 0 Å².